The number of nitrogens with zero attached hydrogens (tertiary/aromatic N) is 1. The number of nitrogens with one attached hydrogen (secondary N) is 1. The van der Waals surface area contributed by atoms with Crippen molar-refractivity contribution in [1.82, 2.24) is 9.88 Å². The third-order valence-corrected chi connectivity index (χ3v) is 3.47. The summed E-state index contributed by atoms with van der Waals surface area (Å²) < 4.78 is 2.33. The van der Waals surface area contributed by atoms with Crippen LogP contribution in [0.5, 0.6) is 0 Å². The van der Waals surface area contributed by atoms with E-state index in [-0.39, 0.29) is 5.91 Å². The monoisotopic (exact) mass is 258 g/mol. The Labute approximate surface area is 114 Å². The highest BCUT2D eigenvalue weighted by Crippen LogP contribution is 2.29. The van der Waals surface area contributed by atoms with Crippen LogP contribution in [0.2, 0.25) is 0 Å². The first-order chi connectivity index (χ1) is 8.95. The van der Waals surface area contributed by atoms with Gasteiger partial charge in [-0.2, -0.15) is 0 Å². The fourth-order valence-corrected chi connectivity index (χ4v) is 2.55. The van der Waals surface area contributed by atoms with Gasteiger partial charge in [-0.25, -0.2) is 0 Å². The quantitative estimate of drug-likeness (QED) is 0.894. The highest BCUT2D eigenvalue weighted by molar-refractivity contribution is 5.98. The van der Waals surface area contributed by atoms with E-state index < -0.39 is 0 Å². The van der Waals surface area contributed by atoms with Gasteiger partial charge in [0.25, 0.3) is 5.91 Å². The van der Waals surface area contributed by atoms with Crippen molar-refractivity contribution >= 4 is 16.8 Å². The first-order valence-electron chi connectivity index (χ1n) is 6.82. The van der Waals surface area contributed by atoms with Gasteiger partial charge in [0.1, 0.15) is 0 Å². The molecule has 0 unspecified atom stereocenters. The summed E-state index contributed by atoms with van der Waals surface area (Å²) in [6.07, 6.45) is 0. The number of carbonyl (C=O) groups is 1. The van der Waals surface area contributed by atoms with Crippen molar-refractivity contribution in [1.29, 1.82) is 0 Å². The maximum atomic E-state index is 11.8. The molecule has 0 aliphatic heterocycles. The molecule has 2 aromatic rings. The molecule has 19 heavy (non-hydrogen) atoms. The highest BCUT2D eigenvalue weighted by Gasteiger charge is 2.15. The second-order valence-electron chi connectivity index (χ2n) is 5.54. The molecule has 0 radical (unpaired) electrons. The maximum Gasteiger partial charge on any atom is 0.251 e. The molecule has 0 fully saturated rings. The average Bonchev–Trinajstić information content (AvgIpc) is 2.76. The van der Waals surface area contributed by atoms with Crippen LogP contribution in [0, 0.1) is 0 Å². The van der Waals surface area contributed by atoms with E-state index >= 15 is 0 Å². The molecule has 0 saturated heterocycles. The third-order valence-electron chi connectivity index (χ3n) is 3.47. The smallest absolute Gasteiger partial charge is 0.251 e. The van der Waals surface area contributed by atoms with E-state index in [1.165, 1.54) is 11.1 Å². The zero-order chi connectivity index (χ0) is 14.2. The molecular formula is C16H22N2O. The molecular weight excluding hydrogens is 236 g/mol. The maximum absolute atomic E-state index is 11.8. The predicted octanol–water partition coefficient (Wildman–Crippen LogP) is 3.71. The van der Waals surface area contributed by atoms with Crippen LogP contribution < -0.4 is 5.32 Å². The summed E-state index contributed by atoms with van der Waals surface area (Å²) in [4.78, 5) is 11.8. The molecule has 0 aliphatic rings. The summed E-state index contributed by atoms with van der Waals surface area (Å²) in [5.74, 6) is 0.433. The van der Waals surface area contributed by atoms with Crippen LogP contribution in [0.15, 0.2) is 24.3 Å². The van der Waals surface area contributed by atoms with Gasteiger partial charge in [-0.15, -0.1) is 0 Å². The van der Waals surface area contributed by atoms with Crippen molar-refractivity contribution in [2.75, 3.05) is 7.05 Å². The van der Waals surface area contributed by atoms with Crippen LogP contribution in [-0.2, 0) is 0 Å². The van der Waals surface area contributed by atoms with Gasteiger partial charge in [-0.3, -0.25) is 4.79 Å². The van der Waals surface area contributed by atoms with Crippen molar-refractivity contribution in [2.45, 2.75) is 39.7 Å². The molecule has 1 heterocycles. The molecule has 0 spiro atoms. The molecule has 2 rings (SSSR count). The van der Waals surface area contributed by atoms with Crippen LogP contribution >= 0.6 is 0 Å². The lowest BCUT2D eigenvalue weighted by molar-refractivity contribution is 0.0963. The first-order valence-corrected chi connectivity index (χ1v) is 6.82. The summed E-state index contributed by atoms with van der Waals surface area (Å²) in [6.45, 7) is 8.76. The molecule has 1 aromatic heterocycles. The van der Waals surface area contributed by atoms with E-state index in [2.05, 4.69) is 43.6 Å². The predicted molar refractivity (Wildman–Crippen MR) is 79.8 cm³/mol. The van der Waals surface area contributed by atoms with Gasteiger partial charge in [0.2, 0.25) is 0 Å². The van der Waals surface area contributed by atoms with Gasteiger partial charge in [0.05, 0.1) is 0 Å². The van der Waals surface area contributed by atoms with Crippen LogP contribution in [0.1, 0.15) is 55.7 Å². The van der Waals surface area contributed by atoms with Crippen molar-refractivity contribution in [3.05, 3.63) is 35.5 Å². The summed E-state index contributed by atoms with van der Waals surface area (Å²) in [5.41, 5.74) is 3.17. The first kappa shape index (κ1) is 13.7. The van der Waals surface area contributed by atoms with Crippen molar-refractivity contribution in [3.8, 4) is 0 Å². The Morgan fingerprint density at radius 3 is 2.37 bits per heavy atom. The second kappa shape index (κ2) is 5.08. The number of hydrogen-bond acceptors (Lipinski definition) is 1. The third kappa shape index (κ3) is 2.37. The van der Waals surface area contributed by atoms with E-state index in [0.717, 1.165) is 5.52 Å². The lowest BCUT2D eigenvalue weighted by Gasteiger charge is -2.17. The van der Waals surface area contributed by atoms with Gasteiger partial charge in [0, 0.05) is 29.9 Å². The second-order valence-corrected chi connectivity index (χ2v) is 5.54. The fraction of sp³-hybridized carbons (Fsp3) is 0.438. The molecule has 3 heteroatoms. The Bertz CT molecular complexity index is 608. The molecule has 1 N–H and O–H groups in total. The largest absolute Gasteiger partial charge is 0.355 e. The fourth-order valence-electron chi connectivity index (χ4n) is 2.55. The van der Waals surface area contributed by atoms with Gasteiger partial charge < -0.3 is 9.88 Å². The minimum absolute atomic E-state index is 0.0375. The van der Waals surface area contributed by atoms with Gasteiger partial charge >= 0.3 is 0 Å². The number of rotatable bonds is 3. The summed E-state index contributed by atoms with van der Waals surface area (Å²) >= 11 is 0. The summed E-state index contributed by atoms with van der Waals surface area (Å²) in [5, 5.41) is 3.88. The zero-order valence-corrected chi connectivity index (χ0v) is 12.3. The Kier molecular flexibility index (Phi) is 3.65. The number of hydrogen-bond donors (Lipinski definition) is 1. The Balaban J connectivity index is 2.69. The lowest BCUT2D eigenvalue weighted by Crippen LogP contribution is -2.17. The minimum Gasteiger partial charge on any atom is -0.355 e. The van der Waals surface area contributed by atoms with Crippen molar-refractivity contribution < 1.29 is 4.79 Å². The normalized spacial score (nSPS) is 11.5. The zero-order valence-electron chi connectivity index (χ0n) is 12.3. The molecule has 0 bridgehead atoms. The van der Waals surface area contributed by atoms with Gasteiger partial charge in [-0.1, -0.05) is 19.9 Å². The Morgan fingerprint density at radius 1 is 1.16 bits per heavy atom. The summed E-state index contributed by atoms with van der Waals surface area (Å²) in [7, 11) is 1.66. The average molecular weight is 258 g/mol. The standard InChI is InChI=1S/C16H22N2O/c1-10(2)14-8-12-6-7-13(16(19)17-5)9-15(12)18(14)11(3)4/h6-11H,1-5H3,(H,17,19). The van der Waals surface area contributed by atoms with E-state index in [4.69, 9.17) is 0 Å². The van der Waals surface area contributed by atoms with E-state index in [9.17, 15) is 4.79 Å². The molecule has 0 aliphatic carbocycles. The number of benzene rings is 1. The van der Waals surface area contributed by atoms with E-state index in [0.29, 0.717) is 17.5 Å². The van der Waals surface area contributed by atoms with Crippen LogP contribution in [0.25, 0.3) is 10.9 Å². The number of aromatic nitrogens is 1. The van der Waals surface area contributed by atoms with Crippen LogP contribution in [0.3, 0.4) is 0 Å². The molecule has 0 saturated carbocycles. The minimum atomic E-state index is -0.0375. The SMILES string of the molecule is CNC(=O)c1ccc2cc(C(C)C)n(C(C)C)c2c1. The topological polar surface area (TPSA) is 34.0 Å². The molecule has 1 amide bonds. The van der Waals surface area contributed by atoms with Crippen molar-refractivity contribution in [3.63, 3.8) is 0 Å². The number of fused-ring (bicyclic) bond motifs is 1. The number of carbonyl (C=O) groups excluding carboxylic acids is 1. The van der Waals surface area contributed by atoms with Crippen LogP contribution in [0.4, 0.5) is 0 Å². The summed E-state index contributed by atoms with van der Waals surface area (Å²) in [6, 6.07) is 8.52. The Morgan fingerprint density at radius 2 is 1.84 bits per heavy atom. The van der Waals surface area contributed by atoms with Gasteiger partial charge in [-0.05, 0) is 43.4 Å². The number of amides is 1. The molecule has 102 valence electrons. The van der Waals surface area contributed by atoms with E-state index in [1.54, 1.807) is 7.05 Å². The molecule has 0 atom stereocenters. The van der Waals surface area contributed by atoms with Crippen LogP contribution in [-0.4, -0.2) is 17.5 Å². The molecule has 1 aromatic carbocycles. The van der Waals surface area contributed by atoms with Crippen molar-refractivity contribution in [2.24, 2.45) is 0 Å². The highest BCUT2D eigenvalue weighted by atomic mass is 16.1. The lowest BCUT2D eigenvalue weighted by atomic mass is 10.1. The van der Waals surface area contributed by atoms with Gasteiger partial charge in [0.15, 0.2) is 0 Å². The molecule has 3 nitrogen and oxygen atoms in total. The Hall–Kier alpha value is -1.77. The van der Waals surface area contributed by atoms with E-state index in [1.807, 2.05) is 18.2 Å².